The Morgan fingerprint density at radius 3 is 2.57 bits per heavy atom. The Morgan fingerprint density at radius 2 is 1.87 bits per heavy atom. The van der Waals surface area contributed by atoms with Crippen molar-refractivity contribution in [3.63, 3.8) is 0 Å². The van der Waals surface area contributed by atoms with Gasteiger partial charge >= 0.3 is 0 Å². The molecule has 5 rings (SSSR count). The van der Waals surface area contributed by atoms with E-state index in [-0.39, 0.29) is 17.6 Å². The summed E-state index contributed by atoms with van der Waals surface area (Å²) in [4.78, 5) is 12.5. The average molecular weight is 416 g/mol. The largest absolute Gasteiger partial charge is 0.393 e. The van der Waals surface area contributed by atoms with Crippen LogP contribution in [0.1, 0.15) is 105 Å². The number of aliphatic hydroxyl groups excluding tert-OH is 1. The molecule has 0 aromatic carbocycles. The Bertz CT molecular complexity index is 680. The van der Waals surface area contributed by atoms with Gasteiger partial charge in [0.15, 0.2) is 0 Å². The maximum Gasteiger partial charge on any atom is 0.102 e. The Balaban J connectivity index is 1.49. The van der Waals surface area contributed by atoms with E-state index in [1.165, 1.54) is 51.4 Å². The summed E-state index contributed by atoms with van der Waals surface area (Å²) in [7, 11) is 0. The number of unbranched alkanes of at least 4 members (excludes halogenated alkanes) is 2. The van der Waals surface area contributed by atoms with E-state index in [1.54, 1.807) is 0 Å². The van der Waals surface area contributed by atoms with Crippen molar-refractivity contribution < 1.29 is 5.11 Å². The fourth-order valence-corrected chi connectivity index (χ4v) is 11.2. The van der Waals surface area contributed by atoms with Gasteiger partial charge in [-0.3, -0.25) is 0 Å². The van der Waals surface area contributed by atoms with Gasteiger partial charge in [-0.2, -0.15) is 4.91 Å². The molecule has 0 aromatic heterocycles. The number of nitroso groups, excluding NO2 is 1. The summed E-state index contributed by atoms with van der Waals surface area (Å²) < 4.78 is 0. The predicted molar refractivity (Wildman–Crippen MR) is 122 cm³/mol. The Hall–Kier alpha value is -0.440. The molecule has 11 atom stereocenters. The Labute approximate surface area is 184 Å². The Kier molecular flexibility index (Phi) is 5.20. The minimum Gasteiger partial charge on any atom is -0.393 e. The summed E-state index contributed by atoms with van der Waals surface area (Å²) in [6.45, 7) is 9.72. The summed E-state index contributed by atoms with van der Waals surface area (Å²) >= 11 is 0. The molecule has 2 spiro atoms. The zero-order valence-electron chi connectivity index (χ0n) is 19.9. The number of nitrogens with zero attached hydrogens (tertiary/aromatic N) is 1. The van der Waals surface area contributed by atoms with E-state index in [9.17, 15) is 10.0 Å². The van der Waals surface area contributed by atoms with Gasteiger partial charge in [0.25, 0.3) is 0 Å². The van der Waals surface area contributed by atoms with Crippen LogP contribution in [0.4, 0.5) is 0 Å². The van der Waals surface area contributed by atoms with Crippen LogP contribution in [0.3, 0.4) is 0 Å². The molecule has 3 heteroatoms. The lowest BCUT2D eigenvalue weighted by Crippen LogP contribution is -2.45. The lowest BCUT2D eigenvalue weighted by molar-refractivity contribution is 0.00332. The minimum atomic E-state index is -0.152. The van der Waals surface area contributed by atoms with Crippen LogP contribution in [0.25, 0.3) is 0 Å². The van der Waals surface area contributed by atoms with Gasteiger partial charge in [0.05, 0.1) is 6.10 Å². The maximum absolute atomic E-state index is 12.5. The highest BCUT2D eigenvalue weighted by atomic mass is 16.3. The molecule has 0 heterocycles. The van der Waals surface area contributed by atoms with Gasteiger partial charge in [-0.1, -0.05) is 65.0 Å². The quantitative estimate of drug-likeness (QED) is 0.360. The summed E-state index contributed by atoms with van der Waals surface area (Å²) in [6, 6.07) is 0.0153. The maximum atomic E-state index is 12.5. The zero-order chi connectivity index (χ0) is 21.3. The van der Waals surface area contributed by atoms with Crippen molar-refractivity contribution >= 4 is 0 Å². The summed E-state index contributed by atoms with van der Waals surface area (Å²) in [5.74, 6) is 4.01. The van der Waals surface area contributed by atoms with E-state index < -0.39 is 0 Å². The van der Waals surface area contributed by atoms with Crippen molar-refractivity contribution in [2.24, 2.45) is 56.9 Å². The van der Waals surface area contributed by atoms with Crippen LogP contribution in [0.5, 0.6) is 0 Å². The zero-order valence-corrected chi connectivity index (χ0v) is 19.9. The van der Waals surface area contributed by atoms with E-state index >= 15 is 0 Å². The molecule has 5 fully saturated rings. The number of fused-ring (bicyclic) bond motifs is 1. The first-order valence-corrected chi connectivity index (χ1v) is 13.4. The van der Waals surface area contributed by atoms with Crippen LogP contribution in [-0.2, 0) is 0 Å². The highest BCUT2D eigenvalue weighted by molar-refractivity contribution is 5.39. The molecule has 8 unspecified atom stereocenters. The molecule has 30 heavy (non-hydrogen) atoms. The topological polar surface area (TPSA) is 49.7 Å². The molecular formula is C27H45NO2. The molecular weight excluding hydrogens is 370 g/mol. The van der Waals surface area contributed by atoms with Gasteiger partial charge in [-0.05, 0) is 91.3 Å². The highest BCUT2D eigenvalue weighted by Crippen LogP contribution is 2.93. The number of rotatable bonds is 7. The monoisotopic (exact) mass is 415 g/mol. The first kappa shape index (κ1) is 21.4. The third-order valence-corrected chi connectivity index (χ3v) is 11.9. The van der Waals surface area contributed by atoms with Crippen LogP contribution in [0.15, 0.2) is 5.18 Å². The second-order valence-corrected chi connectivity index (χ2v) is 12.4. The second-order valence-electron chi connectivity index (χ2n) is 12.4. The highest BCUT2D eigenvalue weighted by Gasteiger charge is 2.91. The molecule has 5 saturated carbocycles. The molecule has 0 aromatic rings. The van der Waals surface area contributed by atoms with Gasteiger partial charge < -0.3 is 5.11 Å². The molecule has 1 N–H and O–H groups in total. The molecule has 170 valence electrons. The van der Waals surface area contributed by atoms with Crippen LogP contribution in [-0.4, -0.2) is 17.3 Å². The number of hydrogen-bond donors (Lipinski definition) is 1. The van der Waals surface area contributed by atoms with E-state index in [0.29, 0.717) is 28.6 Å². The van der Waals surface area contributed by atoms with Gasteiger partial charge in [-0.25, -0.2) is 0 Å². The second kappa shape index (κ2) is 7.29. The van der Waals surface area contributed by atoms with Crippen molar-refractivity contribution in [2.45, 2.75) is 117 Å². The van der Waals surface area contributed by atoms with Gasteiger partial charge in [0, 0.05) is 5.41 Å². The Morgan fingerprint density at radius 1 is 1.07 bits per heavy atom. The fourth-order valence-electron chi connectivity index (χ4n) is 11.2. The van der Waals surface area contributed by atoms with Crippen molar-refractivity contribution in [3.05, 3.63) is 4.91 Å². The molecule has 0 aliphatic heterocycles. The van der Waals surface area contributed by atoms with Crippen LogP contribution >= 0.6 is 0 Å². The predicted octanol–water partition coefficient (Wildman–Crippen LogP) is 6.97. The van der Waals surface area contributed by atoms with Crippen molar-refractivity contribution in [1.82, 2.24) is 0 Å². The molecule has 5 aliphatic carbocycles. The van der Waals surface area contributed by atoms with Crippen molar-refractivity contribution in [3.8, 4) is 0 Å². The van der Waals surface area contributed by atoms with E-state index in [1.807, 2.05) is 0 Å². The van der Waals surface area contributed by atoms with Crippen molar-refractivity contribution in [2.75, 3.05) is 0 Å². The lowest BCUT2D eigenvalue weighted by atomic mass is 9.56. The van der Waals surface area contributed by atoms with Gasteiger partial charge in [0.1, 0.15) is 6.04 Å². The summed E-state index contributed by atoms with van der Waals surface area (Å²) in [5.41, 5.74) is 0.928. The molecule has 0 radical (unpaired) electrons. The van der Waals surface area contributed by atoms with E-state index in [0.717, 1.165) is 43.4 Å². The molecule has 0 amide bonds. The third kappa shape index (κ3) is 2.37. The van der Waals surface area contributed by atoms with Crippen LogP contribution in [0, 0.1) is 56.7 Å². The molecule has 3 nitrogen and oxygen atoms in total. The average Bonchev–Trinajstić information content (AvgIpc) is 2.99. The van der Waals surface area contributed by atoms with E-state index in [2.05, 4.69) is 32.9 Å². The smallest absolute Gasteiger partial charge is 0.102 e. The van der Waals surface area contributed by atoms with Gasteiger partial charge in [0.2, 0.25) is 0 Å². The SMILES string of the molecule is CCCCC[C@@H](C)C1CCC2C1(C)CCC1C34CC[C@@H](O)CC3[C@@H](CC)C(N=O)C214. The van der Waals surface area contributed by atoms with Crippen LogP contribution < -0.4 is 0 Å². The van der Waals surface area contributed by atoms with E-state index in [4.69, 9.17) is 0 Å². The standard InChI is InChI=1S/C27H45NO2/c1-5-7-8-9-17(3)20-10-11-22-25(20,4)14-13-23-26-15-12-18(29)16-21(26)19(6-2)24(28-30)27(22,23)26/h17-24,29H,5-16H2,1-4H3/t17-,18-,19-,20?,21?,22?,23?,24?,25?,26?,27?/m1/s1. The third-order valence-electron chi connectivity index (χ3n) is 11.9. The fraction of sp³-hybridized carbons (Fsp3) is 1.00. The molecule has 5 aliphatic rings. The van der Waals surface area contributed by atoms with Crippen LogP contribution in [0.2, 0.25) is 0 Å². The first-order valence-electron chi connectivity index (χ1n) is 13.4. The normalized spacial score (nSPS) is 54.6. The number of aliphatic hydroxyl groups is 1. The van der Waals surface area contributed by atoms with Crippen molar-refractivity contribution in [1.29, 1.82) is 0 Å². The number of hydrogen-bond acceptors (Lipinski definition) is 3. The molecule has 0 saturated heterocycles. The molecule has 0 bridgehead atoms. The van der Waals surface area contributed by atoms with Gasteiger partial charge in [-0.15, -0.1) is 0 Å². The first-order chi connectivity index (χ1) is 14.4. The summed E-state index contributed by atoms with van der Waals surface area (Å²) in [6.07, 6.45) is 14.8. The lowest BCUT2D eigenvalue weighted by Gasteiger charge is -2.48. The summed E-state index contributed by atoms with van der Waals surface area (Å²) in [5, 5.41) is 14.5. The minimum absolute atomic E-state index is 0.0153.